The van der Waals surface area contributed by atoms with Crippen molar-refractivity contribution in [1.82, 2.24) is 4.98 Å². The van der Waals surface area contributed by atoms with E-state index in [1.165, 1.54) is 18.2 Å². The number of nitrogens with zero attached hydrogens (tertiary/aromatic N) is 2. The van der Waals surface area contributed by atoms with Crippen LogP contribution in [0.25, 0.3) is 5.76 Å². The Hall–Kier alpha value is -4.44. The molecule has 1 unspecified atom stereocenters. The van der Waals surface area contributed by atoms with Crippen LogP contribution in [-0.2, 0) is 14.3 Å². The highest BCUT2D eigenvalue weighted by Crippen LogP contribution is 2.44. The fourth-order valence-corrected chi connectivity index (χ4v) is 5.13. The monoisotopic (exact) mass is 548 g/mol. The number of hydrogen-bond acceptors (Lipinski definition) is 9. The lowest BCUT2D eigenvalue weighted by atomic mass is 9.95. The summed E-state index contributed by atoms with van der Waals surface area (Å²) in [6.45, 7) is 7.66. The van der Waals surface area contributed by atoms with E-state index in [0.29, 0.717) is 23.6 Å². The minimum atomic E-state index is -1.12. The van der Waals surface area contributed by atoms with Gasteiger partial charge in [0, 0.05) is 5.56 Å². The molecular weight excluding hydrogens is 520 g/mol. The van der Waals surface area contributed by atoms with Crippen molar-refractivity contribution >= 4 is 39.9 Å². The van der Waals surface area contributed by atoms with Gasteiger partial charge in [-0.2, -0.15) is 0 Å². The molecule has 0 bridgehead atoms. The van der Waals surface area contributed by atoms with E-state index >= 15 is 0 Å². The number of phenolic OH excluding ortho intramolecular Hbond substituents is 1. The largest absolute Gasteiger partial charge is 0.508 e. The molecule has 1 aromatic heterocycles. The van der Waals surface area contributed by atoms with E-state index < -0.39 is 29.5 Å². The molecule has 2 aromatic carbocycles. The molecule has 1 aliphatic rings. The van der Waals surface area contributed by atoms with Gasteiger partial charge < -0.3 is 19.7 Å². The van der Waals surface area contributed by atoms with Gasteiger partial charge in [0.2, 0.25) is 0 Å². The van der Waals surface area contributed by atoms with Crippen LogP contribution in [0.5, 0.6) is 11.5 Å². The number of aliphatic hydroxyl groups excluding tert-OH is 1. The number of aryl methyl sites for hydroxylation is 1. The quantitative estimate of drug-likeness (QED) is 0.0872. The molecule has 2 heterocycles. The Balaban J connectivity index is 1.83. The van der Waals surface area contributed by atoms with Gasteiger partial charge in [0.05, 0.1) is 23.9 Å². The average molecular weight is 549 g/mol. The molecule has 3 aromatic rings. The molecule has 4 rings (SSSR count). The number of Topliss-reactive ketones (excluding diaryl/α,β-unsaturated/α-hetero) is 1. The molecule has 1 fully saturated rings. The van der Waals surface area contributed by atoms with E-state index in [-0.39, 0.29) is 33.5 Å². The first-order valence-corrected chi connectivity index (χ1v) is 13.2. The molecule has 1 amide bonds. The van der Waals surface area contributed by atoms with Gasteiger partial charge in [-0.25, -0.2) is 9.78 Å². The standard InChI is InChI=1S/C29H28N2O7S/c1-4-6-14-37-21-12-8-10-19(16-21)24(33)22-23(18-9-7-11-20(32)15-18)31(27(35)25(22)34)29-30-17(3)26(39-29)28(36)38-13-5-2/h5,7-12,15-16,23,32-33H,2,4,6,13-14H2,1,3H3/b24-22+. The zero-order valence-electron chi connectivity index (χ0n) is 21.5. The second kappa shape index (κ2) is 12.0. The number of aromatic nitrogens is 1. The number of rotatable bonds is 10. The van der Waals surface area contributed by atoms with Gasteiger partial charge in [0.25, 0.3) is 5.78 Å². The van der Waals surface area contributed by atoms with Crippen LogP contribution in [0.4, 0.5) is 5.13 Å². The minimum Gasteiger partial charge on any atom is -0.508 e. The molecule has 0 aliphatic carbocycles. The average Bonchev–Trinajstić information content (AvgIpc) is 3.43. The van der Waals surface area contributed by atoms with Gasteiger partial charge in [0.1, 0.15) is 28.7 Å². The van der Waals surface area contributed by atoms with Gasteiger partial charge in [-0.05, 0) is 43.2 Å². The maximum Gasteiger partial charge on any atom is 0.350 e. The number of aliphatic hydroxyl groups is 1. The zero-order valence-corrected chi connectivity index (χ0v) is 22.4. The highest BCUT2D eigenvalue weighted by atomic mass is 32.1. The maximum atomic E-state index is 13.4. The fraction of sp³-hybridized carbons (Fsp3) is 0.241. The molecule has 1 aliphatic heterocycles. The van der Waals surface area contributed by atoms with Crippen LogP contribution in [0.15, 0.2) is 66.8 Å². The van der Waals surface area contributed by atoms with E-state index in [9.17, 15) is 24.6 Å². The number of ketones is 1. The summed E-state index contributed by atoms with van der Waals surface area (Å²) in [4.78, 5) is 45.0. The minimum absolute atomic E-state index is 0.000531. The summed E-state index contributed by atoms with van der Waals surface area (Å²) in [6.07, 6.45) is 3.24. The first-order chi connectivity index (χ1) is 18.8. The number of ether oxygens (including phenoxy) is 2. The van der Waals surface area contributed by atoms with Gasteiger partial charge in [-0.3, -0.25) is 14.5 Å². The molecular formula is C29H28N2O7S. The first-order valence-electron chi connectivity index (χ1n) is 12.3. The van der Waals surface area contributed by atoms with Gasteiger partial charge in [0.15, 0.2) is 5.13 Å². The Morgan fingerprint density at radius 1 is 1.21 bits per heavy atom. The second-order valence-electron chi connectivity index (χ2n) is 8.79. The van der Waals surface area contributed by atoms with E-state index in [1.54, 1.807) is 43.3 Å². The van der Waals surface area contributed by atoms with Crippen molar-refractivity contribution in [2.45, 2.75) is 32.7 Å². The first kappa shape index (κ1) is 27.6. The molecule has 0 saturated carbocycles. The number of carbonyl (C=O) groups excluding carboxylic acids is 3. The predicted molar refractivity (Wildman–Crippen MR) is 147 cm³/mol. The van der Waals surface area contributed by atoms with E-state index in [2.05, 4.69) is 11.6 Å². The summed E-state index contributed by atoms with van der Waals surface area (Å²) in [7, 11) is 0. The summed E-state index contributed by atoms with van der Waals surface area (Å²) < 4.78 is 10.9. The number of thiazole rings is 1. The van der Waals surface area contributed by atoms with Crippen LogP contribution >= 0.6 is 11.3 Å². The van der Waals surface area contributed by atoms with Crippen LogP contribution in [0.2, 0.25) is 0 Å². The van der Waals surface area contributed by atoms with Crippen molar-refractivity contribution in [3.05, 3.63) is 88.5 Å². The highest BCUT2D eigenvalue weighted by Gasteiger charge is 2.48. The van der Waals surface area contributed by atoms with E-state index in [4.69, 9.17) is 9.47 Å². The predicted octanol–water partition coefficient (Wildman–Crippen LogP) is 5.31. The van der Waals surface area contributed by atoms with E-state index in [0.717, 1.165) is 29.1 Å². The lowest BCUT2D eigenvalue weighted by Crippen LogP contribution is -2.29. The summed E-state index contributed by atoms with van der Waals surface area (Å²) in [5.74, 6) is -2.48. The smallest absolute Gasteiger partial charge is 0.350 e. The molecule has 39 heavy (non-hydrogen) atoms. The van der Waals surface area contributed by atoms with Crippen LogP contribution in [-0.4, -0.2) is 46.1 Å². The van der Waals surface area contributed by atoms with Crippen molar-refractivity contribution in [3.8, 4) is 11.5 Å². The fourth-order valence-electron chi connectivity index (χ4n) is 4.14. The lowest BCUT2D eigenvalue weighted by Gasteiger charge is -2.23. The number of benzene rings is 2. The van der Waals surface area contributed by atoms with Crippen molar-refractivity contribution < 1.29 is 34.1 Å². The Bertz CT molecular complexity index is 1460. The van der Waals surface area contributed by atoms with Crippen LogP contribution in [0, 0.1) is 6.92 Å². The van der Waals surface area contributed by atoms with Gasteiger partial charge in [-0.1, -0.05) is 61.6 Å². The van der Waals surface area contributed by atoms with Crippen molar-refractivity contribution in [2.24, 2.45) is 0 Å². The number of phenols is 1. The Labute approximate surface area is 229 Å². The van der Waals surface area contributed by atoms with Gasteiger partial charge >= 0.3 is 11.9 Å². The molecule has 2 N–H and O–H groups in total. The number of unbranched alkanes of at least 4 members (excludes halogenated alkanes) is 1. The number of hydrogen-bond donors (Lipinski definition) is 2. The normalized spacial score (nSPS) is 16.4. The molecule has 1 atom stereocenters. The molecule has 202 valence electrons. The molecule has 9 nitrogen and oxygen atoms in total. The third-order valence-electron chi connectivity index (χ3n) is 6.01. The molecule has 0 radical (unpaired) electrons. The maximum absolute atomic E-state index is 13.4. The number of esters is 1. The highest BCUT2D eigenvalue weighted by molar-refractivity contribution is 7.17. The van der Waals surface area contributed by atoms with Crippen LogP contribution < -0.4 is 9.64 Å². The lowest BCUT2D eigenvalue weighted by molar-refractivity contribution is -0.132. The van der Waals surface area contributed by atoms with E-state index in [1.807, 2.05) is 6.92 Å². The van der Waals surface area contributed by atoms with Crippen molar-refractivity contribution in [1.29, 1.82) is 0 Å². The Morgan fingerprint density at radius 2 is 1.97 bits per heavy atom. The zero-order chi connectivity index (χ0) is 28.1. The van der Waals surface area contributed by atoms with Crippen LogP contribution in [0.1, 0.15) is 52.3 Å². The summed E-state index contributed by atoms with van der Waals surface area (Å²) in [5.41, 5.74) is 0.795. The third-order valence-corrected chi connectivity index (χ3v) is 7.15. The summed E-state index contributed by atoms with van der Waals surface area (Å²) >= 11 is 0.893. The van der Waals surface area contributed by atoms with Crippen molar-refractivity contribution in [2.75, 3.05) is 18.1 Å². The SMILES string of the molecule is C=CCOC(=O)c1sc(N2C(=O)C(=O)/C(=C(/O)c3cccc(OCCCC)c3)C2c2cccc(O)c2)nc1C. The Kier molecular flexibility index (Phi) is 8.46. The molecule has 1 saturated heterocycles. The molecule has 10 heteroatoms. The number of amides is 1. The summed E-state index contributed by atoms with van der Waals surface area (Å²) in [6, 6.07) is 11.6. The van der Waals surface area contributed by atoms with Crippen LogP contribution in [0.3, 0.4) is 0 Å². The van der Waals surface area contributed by atoms with Crippen molar-refractivity contribution in [3.63, 3.8) is 0 Å². The number of anilines is 1. The second-order valence-corrected chi connectivity index (χ2v) is 9.77. The third kappa shape index (κ3) is 5.70. The summed E-state index contributed by atoms with van der Waals surface area (Å²) in [5, 5.41) is 21.6. The topological polar surface area (TPSA) is 126 Å². The Morgan fingerprint density at radius 3 is 2.69 bits per heavy atom. The molecule has 0 spiro atoms. The number of carbonyl (C=O) groups is 3. The number of aromatic hydroxyl groups is 1. The van der Waals surface area contributed by atoms with Gasteiger partial charge in [-0.15, -0.1) is 0 Å².